The smallest absolute Gasteiger partial charge is 0.250 e. The summed E-state index contributed by atoms with van der Waals surface area (Å²) in [7, 11) is 0. The van der Waals surface area contributed by atoms with E-state index in [1.165, 1.54) is 12.4 Å². The van der Waals surface area contributed by atoms with Crippen molar-refractivity contribution in [1.82, 2.24) is 15.2 Å². The minimum atomic E-state index is -0.260. The molecule has 17 heavy (non-hydrogen) atoms. The van der Waals surface area contributed by atoms with E-state index in [9.17, 15) is 4.79 Å². The van der Waals surface area contributed by atoms with Gasteiger partial charge in [-0.15, -0.1) is 0 Å². The van der Waals surface area contributed by atoms with E-state index in [1.54, 1.807) is 6.08 Å². The number of halogens is 1. The molecule has 1 heterocycles. The van der Waals surface area contributed by atoms with Crippen molar-refractivity contribution in [3.8, 4) is 0 Å². The predicted octanol–water partition coefficient (Wildman–Crippen LogP) is 2.22. The molecular formula is C11H9BrN4O. The third-order valence-corrected chi connectivity index (χ3v) is 2.48. The Morgan fingerprint density at radius 1 is 1.35 bits per heavy atom. The number of aromatic nitrogens is 3. The molecule has 0 radical (unpaired) electrons. The zero-order valence-corrected chi connectivity index (χ0v) is 10.3. The minimum absolute atomic E-state index is 0.260. The van der Waals surface area contributed by atoms with Crippen molar-refractivity contribution in [1.29, 1.82) is 0 Å². The normalized spacial score (nSPS) is 10.6. The molecule has 0 fully saturated rings. The Labute approximate surface area is 106 Å². The van der Waals surface area contributed by atoms with E-state index in [4.69, 9.17) is 0 Å². The van der Waals surface area contributed by atoms with Gasteiger partial charge in [-0.2, -0.15) is 10.1 Å². The van der Waals surface area contributed by atoms with Gasteiger partial charge in [0.25, 0.3) is 5.91 Å². The van der Waals surface area contributed by atoms with Crippen molar-refractivity contribution in [2.75, 3.05) is 5.32 Å². The first kappa shape index (κ1) is 11.5. The molecule has 6 heteroatoms. The highest BCUT2D eigenvalue weighted by Crippen LogP contribution is 2.11. The molecule has 1 aromatic carbocycles. The van der Waals surface area contributed by atoms with Gasteiger partial charge < -0.3 is 0 Å². The van der Waals surface area contributed by atoms with Crippen LogP contribution < -0.4 is 5.32 Å². The van der Waals surface area contributed by atoms with E-state index in [0.29, 0.717) is 5.95 Å². The van der Waals surface area contributed by atoms with Gasteiger partial charge in [-0.25, -0.2) is 5.10 Å². The summed E-state index contributed by atoms with van der Waals surface area (Å²) in [5.41, 5.74) is 0.945. The van der Waals surface area contributed by atoms with Crippen LogP contribution in [-0.2, 0) is 4.79 Å². The highest BCUT2D eigenvalue weighted by atomic mass is 79.9. The number of rotatable bonds is 3. The average Bonchev–Trinajstić information content (AvgIpc) is 2.81. The summed E-state index contributed by atoms with van der Waals surface area (Å²) < 4.78 is 1.00. The SMILES string of the molecule is O=C(C=Cc1ccc(Br)cc1)Nc1ncn[nH]1. The van der Waals surface area contributed by atoms with Crippen molar-refractivity contribution >= 4 is 33.9 Å². The maximum Gasteiger partial charge on any atom is 0.250 e. The molecule has 0 bridgehead atoms. The quantitative estimate of drug-likeness (QED) is 0.852. The topological polar surface area (TPSA) is 70.7 Å². The van der Waals surface area contributed by atoms with Gasteiger partial charge in [0, 0.05) is 10.5 Å². The summed E-state index contributed by atoms with van der Waals surface area (Å²) in [5.74, 6) is 0.0696. The van der Waals surface area contributed by atoms with Crippen molar-refractivity contribution in [2.45, 2.75) is 0 Å². The number of carbonyl (C=O) groups excluding carboxylic acids is 1. The second kappa shape index (κ2) is 5.40. The lowest BCUT2D eigenvalue weighted by atomic mass is 10.2. The van der Waals surface area contributed by atoms with E-state index < -0.39 is 0 Å². The second-order valence-corrected chi connectivity index (χ2v) is 4.12. The largest absolute Gasteiger partial charge is 0.291 e. The first-order chi connectivity index (χ1) is 8.24. The average molecular weight is 293 g/mol. The Kier molecular flexibility index (Phi) is 3.66. The lowest BCUT2D eigenvalue weighted by molar-refractivity contribution is -0.111. The van der Waals surface area contributed by atoms with Crippen molar-refractivity contribution < 1.29 is 4.79 Å². The fraction of sp³-hybridized carbons (Fsp3) is 0. The standard InChI is InChI=1S/C11H9BrN4O/c12-9-4-1-8(2-5-9)3-6-10(17)15-11-13-7-14-16-11/h1-7H,(H2,13,14,15,16,17). The van der Waals surface area contributed by atoms with Crippen LogP contribution in [0.1, 0.15) is 5.56 Å². The first-order valence-corrected chi connectivity index (χ1v) is 5.63. The number of carbonyl (C=O) groups is 1. The van der Waals surface area contributed by atoms with Crippen LogP contribution in [0.15, 0.2) is 41.1 Å². The van der Waals surface area contributed by atoms with E-state index in [2.05, 4.69) is 36.4 Å². The number of nitrogens with zero attached hydrogens (tertiary/aromatic N) is 2. The Morgan fingerprint density at radius 2 is 2.12 bits per heavy atom. The van der Waals surface area contributed by atoms with Gasteiger partial charge in [-0.1, -0.05) is 28.1 Å². The number of amides is 1. The summed E-state index contributed by atoms with van der Waals surface area (Å²) >= 11 is 3.34. The van der Waals surface area contributed by atoms with Crippen LogP contribution in [-0.4, -0.2) is 21.1 Å². The molecule has 1 amide bonds. The zero-order valence-electron chi connectivity index (χ0n) is 8.72. The van der Waals surface area contributed by atoms with Crippen LogP contribution in [0.25, 0.3) is 6.08 Å². The number of benzene rings is 1. The molecule has 0 spiro atoms. The fourth-order valence-corrected chi connectivity index (χ4v) is 1.43. The first-order valence-electron chi connectivity index (χ1n) is 4.84. The summed E-state index contributed by atoms with van der Waals surface area (Å²) in [5, 5.41) is 8.70. The molecule has 86 valence electrons. The molecule has 0 saturated heterocycles. The van der Waals surface area contributed by atoms with Crippen LogP contribution in [0.2, 0.25) is 0 Å². The maximum absolute atomic E-state index is 11.5. The number of aromatic amines is 1. The fourth-order valence-electron chi connectivity index (χ4n) is 1.17. The van der Waals surface area contributed by atoms with Gasteiger partial charge in [0.15, 0.2) is 0 Å². The van der Waals surface area contributed by atoms with E-state index in [1.807, 2.05) is 24.3 Å². The van der Waals surface area contributed by atoms with Crippen molar-refractivity contribution in [3.05, 3.63) is 46.7 Å². The number of hydrogen-bond acceptors (Lipinski definition) is 3. The molecule has 0 aliphatic heterocycles. The van der Waals surface area contributed by atoms with E-state index >= 15 is 0 Å². The maximum atomic E-state index is 11.5. The van der Waals surface area contributed by atoms with Crippen molar-refractivity contribution in [2.24, 2.45) is 0 Å². The number of H-pyrrole nitrogens is 1. The molecule has 0 aliphatic carbocycles. The molecular weight excluding hydrogens is 284 g/mol. The van der Waals surface area contributed by atoms with Crippen LogP contribution >= 0.6 is 15.9 Å². The number of nitrogens with one attached hydrogen (secondary N) is 2. The molecule has 0 unspecified atom stereocenters. The third kappa shape index (κ3) is 3.53. The Morgan fingerprint density at radius 3 is 2.76 bits per heavy atom. The van der Waals surface area contributed by atoms with Crippen molar-refractivity contribution in [3.63, 3.8) is 0 Å². The molecule has 2 aromatic rings. The summed E-state index contributed by atoms with van der Waals surface area (Å²) in [6, 6.07) is 7.63. The predicted molar refractivity (Wildman–Crippen MR) is 68.2 cm³/mol. The minimum Gasteiger partial charge on any atom is -0.291 e. The molecule has 2 N–H and O–H groups in total. The Bertz CT molecular complexity index is 519. The molecule has 0 atom stereocenters. The molecule has 2 rings (SSSR count). The third-order valence-electron chi connectivity index (χ3n) is 1.95. The van der Waals surface area contributed by atoms with Gasteiger partial charge in [-0.05, 0) is 23.8 Å². The van der Waals surface area contributed by atoms with Crippen LogP contribution in [0, 0.1) is 0 Å². The van der Waals surface area contributed by atoms with Gasteiger partial charge in [0.1, 0.15) is 6.33 Å². The monoisotopic (exact) mass is 292 g/mol. The van der Waals surface area contributed by atoms with Crippen LogP contribution in [0.4, 0.5) is 5.95 Å². The molecule has 0 saturated carbocycles. The van der Waals surface area contributed by atoms with Crippen LogP contribution in [0.3, 0.4) is 0 Å². The van der Waals surface area contributed by atoms with Crippen LogP contribution in [0.5, 0.6) is 0 Å². The summed E-state index contributed by atoms with van der Waals surface area (Å²) in [4.78, 5) is 15.2. The molecule has 0 aliphatic rings. The van der Waals surface area contributed by atoms with E-state index in [-0.39, 0.29) is 5.91 Å². The zero-order chi connectivity index (χ0) is 12.1. The summed E-state index contributed by atoms with van der Waals surface area (Å²) in [6.45, 7) is 0. The number of hydrogen-bond donors (Lipinski definition) is 2. The molecule has 1 aromatic heterocycles. The Hall–Kier alpha value is -1.95. The van der Waals surface area contributed by atoms with E-state index in [0.717, 1.165) is 10.0 Å². The van der Waals surface area contributed by atoms with Gasteiger partial charge in [-0.3, -0.25) is 10.1 Å². The Balaban J connectivity index is 1.96. The number of anilines is 1. The van der Waals surface area contributed by atoms with Gasteiger partial charge in [0.05, 0.1) is 0 Å². The second-order valence-electron chi connectivity index (χ2n) is 3.21. The lowest BCUT2D eigenvalue weighted by Gasteiger charge is -1.96. The highest BCUT2D eigenvalue weighted by Gasteiger charge is 1.98. The summed E-state index contributed by atoms with van der Waals surface area (Å²) in [6.07, 6.45) is 4.48. The highest BCUT2D eigenvalue weighted by molar-refractivity contribution is 9.10. The molecule has 5 nitrogen and oxygen atoms in total. The van der Waals surface area contributed by atoms with Gasteiger partial charge in [0.2, 0.25) is 5.95 Å². The van der Waals surface area contributed by atoms with Gasteiger partial charge >= 0.3 is 0 Å². The lowest BCUT2D eigenvalue weighted by Crippen LogP contribution is -2.08.